The Balaban J connectivity index is 2.10. The maximum atomic E-state index is 12.7. The van der Waals surface area contributed by atoms with Crippen LogP contribution >= 0.6 is 0 Å². The minimum absolute atomic E-state index is 0.108. The highest BCUT2D eigenvalue weighted by Crippen LogP contribution is 2.24. The standard InChI is InChI=1S/C19H12O4/c1-22-19(21)13-6-7-14-16(10-13)23-17-9-12-5-3-2-4-11(12)8-15(17)18(14)20/h2-10H,1H3. The molecule has 4 heteroatoms. The van der Waals surface area contributed by atoms with Gasteiger partial charge in [-0.05, 0) is 41.1 Å². The summed E-state index contributed by atoms with van der Waals surface area (Å²) in [5.74, 6) is -0.465. The minimum atomic E-state index is -0.465. The average molecular weight is 304 g/mol. The molecular weight excluding hydrogens is 292 g/mol. The number of fused-ring (bicyclic) bond motifs is 3. The molecule has 1 aromatic heterocycles. The van der Waals surface area contributed by atoms with Gasteiger partial charge in [0.1, 0.15) is 11.2 Å². The third kappa shape index (κ3) is 2.07. The number of esters is 1. The molecule has 0 bridgehead atoms. The highest BCUT2D eigenvalue weighted by Gasteiger charge is 2.12. The van der Waals surface area contributed by atoms with E-state index in [-0.39, 0.29) is 5.43 Å². The summed E-state index contributed by atoms with van der Waals surface area (Å²) in [5.41, 5.74) is 1.12. The SMILES string of the molecule is COC(=O)c1ccc2c(=O)c3cc4ccccc4cc3oc2c1. The minimum Gasteiger partial charge on any atom is -0.465 e. The molecule has 3 aromatic carbocycles. The number of hydrogen-bond acceptors (Lipinski definition) is 4. The zero-order valence-corrected chi connectivity index (χ0v) is 12.3. The second-order valence-corrected chi connectivity index (χ2v) is 5.33. The first-order valence-corrected chi connectivity index (χ1v) is 7.15. The van der Waals surface area contributed by atoms with Gasteiger partial charge in [0.25, 0.3) is 0 Å². The number of hydrogen-bond donors (Lipinski definition) is 0. The van der Waals surface area contributed by atoms with Gasteiger partial charge in [-0.15, -0.1) is 0 Å². The molecule has 0 fully saturated rings. The summed E-state index contributed by atoms with van der Waals surface area (Å²) in [6.45, 7) is 0. The van der Waals surface area contributed by atoms with Crippen molar-refractivity contribution in [3.05, 3.63) is 70.4 Å². The van der Waals surface area contributed by atoms with Crippen LogP contribution in [0, 0.1) is 0 Å². The van der Waals surface area contributed by atoms with Gasteiger partial charge < -0.3 is 9.15 Å². The van der Waals surface area contributed by atoms with Crippen LogP contribution in [0.3, 0.4) is 0 Å². The van der Waals surface area contributed by atoms with Crippen molar-refractivity contribution in [3.63, 3.8) is 0 Å². The van der Waals surface area contributed by atoms with Crippen molar-refractivity contribution in [2.24, 2.45) is 0 Å². The molecule has 0 unspecified atom stereocenters. The van der Waals surface area contributed by atoms with E-state index >= 15 is 0 Å². The van der Waals surface area contributed by atoms with Gasteiger partial charge in [0.05, 0.1) is 23.4 Å². The highest BCUT2D eigenvalue weighted by molar-refractivity contribution is 6.00. The number of carbonyl (C=O) groups is 1. The molecule has 0 aliphatic heterocycles. The summed E-state index contributed by atoms with van der Waals surface area (Å²) in [7, 11) is 1.31. The van der Waals surface area contributed by atoms with Crippen LogP contribution in [0.5, 0.6) is 0 Å². The van der Waals surface area contributed by atoms with Crippen LogP contribution in [-0.2, 0) is 4.74 Å². The van der Waals surface area contributed by atoms with Gasteiger partial charge in [-0.2, -0.15) is 0 Å². The molecule has 112 valence electrons. The van der Waals surface area contributed by atoms with Crippen molar-refractivity contribution in [1.29, 1.82) is 0 Å². The van der Waals surface area contributed by atoms with E-state index in [9.17, 15) is 9.59 Å². The van der Waals surface area contributed by atoms with E-state index in [1.54, 1.807) is 12.1 Å². The lowest BCUT2D eigenvalue weighted by molar-refractivity contribution is 0.0601. The zero-order chi connectivity index (χ0) is 16.0. The first kappa shape index (κ1) is 13.5. The predicted octanol–water partition coefficient (Wildman–Crippen LogP) is 3.89. The molecule has 4 nitrogen and oxygen atoms in total. The molecular formula is C19H12O4. The molecule has 4 rings (SSSR count). The van der Waals surface area contributed by atoms with Crippen LogP contribution in [0.1, 0.15) is 10.4 Å². The summed E-state index contributed by atoms with van der Waals surface area (Å²) in [6.07, 6.45) is 0. The van der Waals surface area contributed by atoms with Gasteiger partial charge in [0, 0.05) is 0 Å². The van der Waals surface area contributed by atoms with Crippen molar-refractivity contribution in [3.8, 4) is 0 Å². The van der Waals surface area contributed by atoms with E-state index in [1.165, 1.54) is 13.2 Å². The van der Waals surface area contributed by atoms with E-state index in [2.05, 4.69) is 0 Å². The Morgan fingerprint density at radius 1 is 0.913 bits per heavy atom. The summed E-state index contributed by atoms with van der Waals surface area (Å²) in [6, 6.07) is 16.2. The van der Waals surface area contributed by atoms with E-state index in [1.807, 2.05) is 36.4 Å². The summed E-state index contributed by atoms with van der Waals surface area (Å²) in [5, 5.41) is 2.95. The van der Waals surface area contributed by atoms with E-state index in [0.29, 0.717) is 27.5 Å². The Labute approximate surface area is 130 Å². The maximum absolute atomic E-state index is 12.7. The van der Waals surface area contributed by atoms with Crippen LogP contribution in [0.4, 0.5) is 0 Å². The fourth-order valence-corrected chi connectivity index (χ4v) is 2.78. The first-order chi connectivity index (χ1) is 11.2. The number of benzene rings is 3. The van der Waals surface area contributed by atoms with E-state index in [4.69, 9.17) is 9.15 Å². The van der Waals surface area contributed by atoms with Crippen LogP contribution < -0.4 is 5.43 Å². The maximum Gasteiger partial charge on any atom is 0.337 e. The highest BCUT2D eigenvalue weighted by atomic mass is 16.5. The monoisotopic (exact) mass is 304 g/mol. The first-order valence-electron chi connectivity index (χ1n) is 7.15. The van der Waals surface area contributed by atoms with Crippen molar-refractivity contribution < 1.29 is 13.9 Å². The van der Waals surface area contributed by atoms with Crippen molar-refractivity contribution >= 4 is 38.7 Å². The lowest BCUT2D eigenvalue weighted by Gasteiger charge is -2.05. The molecule has 0 amide bonds. The Morgan fingerprint density at radius 3 is 2.35 bits per heavy atom. The molecule has 0 N–H and O–H groups in total. The topological polar surface area (TPSA) is 56.5 Å². The average Bonchev–Trinajstić information content (AvgIpc) is 2.59. The van der Waals surface area contributed by atoms with E-state index < -0.39 is 5.97 Å². The Hall–Kier alpha value is -3.14. The third-order valence-corrected chi connectivity index (χ3v) is 3.96. The van der Waals surface area contributed by atoms with Crippen LogP contribution in [0.2, 0.25) is 0 Å². The lowest BCUT2D eigenvalue weighted by atomic mass is 10.1. The molecule has 0 saturated carbocycles. The molecule has 0 saturated heterocycles. The second kappa shape index (κ2) is 4.95. The van der Waals surface area contributed by atoms with Crippen LogP contribution in [-0.4, -0.2) is 13.1 Å². The van der Waals surface area contributed by atoms with E-state index in [0.717, 1.165) is 10.8 Å². The molecule has 1 heterocycles. The lowest BCUT2D eigenvalue weighted by Crippen LogP contribution is -2.05. The quantitative estimate of drug-likeness (QED) is 0.395. The van der Waals surface area contributed by atoms with Crippen molar-refractivity contribution in [1.82, 2.24) is 0 Å². The second-order valence-electron chi connectivity index (χ2n) is 5.33. The Kier molecular flexibility index (Phi) is 2.91. The number of ether oxygens (including phenoxy) is 1. The number of methoxy groups -OCH3 is 1. The molecule has 0 radical (unpaired) electrons. The summed E-state index contributed by atoms with van der Waals surface area (Å²) >= 11 is 0. The van der Waals surface area contributed by atoms with Gasteiger partial charge in [0.2, 0.25) is 5.43 Å². The van der Waals surface area contributed by atoms with Crippen molar-refractivity contribution in [2.75, 3.05) is 7.11 Å². The molecule has 0 spiro atoms. The van der Waals surface area contributed by atoms with Gasteiger partial charge in [-0.3, -0.25) is 4.79 Å². The molecule has 0 aliphatic rings. The zero-order valence-electron chi connectivity index (χ0n) is 12.3. The molecule has 0 atom stereocenters. The van der Waals surface area contributed by atoms with Crippen LogP contribution in [0.25, 0.3) is 32.7 Å². The fraction of sp³-hybridized carbons (Fsp3) is 0.0526. The van der Waals surface area contributed by atoms with Gasteiger partial charge >= 0.3 is 5.97 Å². The summed E-state index contributed by atoms with van der Waals surface area (Å²) in [4.78, 5) is 24.3. The Morgan fingerprint density at radius 2 is 1.61 bits per heavy atom. The molecule has 4 aromatic rings. The largest absolute Gasteiger partial charge is 0.465 e. The molecule has 0 aliphatic carbocycles. The predicted molar refractivity (Wildman–Crippen MR) is 88.8 cm³/mol. The van der Waals surface area contributed by atoms with Crippen molar-refractivity contribution in [2.45, 2.75) is 0 Å². The molecule has 23 heavy (non-hydrogen) atoms. The number of rotatable bonds is 1. The third-order valence-electron chi connectivity index (χ3n) is 3.96. The van der Waals surface area contributed by atoms with Gasteiger partial charge in [-0.1, -0.05) is 24.3 Å². The fourth-order valence-electron chi connectivity index (χ4n) is 2.78. The normalized spacial score (nSPS) is 11.2. The summed E-state index contributed by atoms with van der Waals surface area (Å²) < 4.78 is 10.6. The van der Waals surface area contributed by atoms with Gasteiger partial charge in [-0.25, -0.2) is 4.79 Å². The van der Waals surface area contributed by atoms with Gasteiger partial charge in [0.15, 0.2) is 0 Å². The Bertz CT molecular complexity index is 1140. The smallest absolute Gasteiger partial charge is 0.337 e. The van der Waals surface area contributed by atoms with Crippen LogP contribution in [0.15, 0.2) is 63.8 Å². The number of carbonyl (C=O) groups excluding carboxylic acids is 1.